The van der Waals surface area contributed by atoms with E-state index in [1.54, 1.807) is 0 Å². The van der Waals surface area contributed by atoms with Gasteiger partial charge in [0.25, 0.3) is 0 Å². The minimum Gasteiger partial charge on any atom is -0.387 e. The highest BCUT2D eigenvalue weighted by molar-refractivity contribution is 5.46. The van der Waals surface area contributed by atoms with Gasteiger partial charge >= 0.3 is 0 Å². The minimum atomic E-state index is -0.434. The fraction of sp³-hybridized carbons (Fsp3) is 0.667. The van der Waals surface area contributed by atoms with Crippen molar-refractivity contribution in [2.45, 2.75) is 52.2 Å². The second-order valence-electron chi connectivity index (χ2n) is 5.55. The zero-order chi connectivity index (χ0) is 13.1. The van der Waals surface area contributed by atoms with Gasteiger partial charge in [0.05, 0.1) is 23.7 Å². The zero-order valence-electron chi connectivity index (χ0n) is 11.6. The molecular weight excluding hydrogens is 224 g/mol. The molecular formula is C15H24N2O. The summed E-state index contributed by atoms with van der Waals surface area (Å²) in [6.07, 6.45) is 4.75. The van der Waals surface area contributed by atoms with E-state index < -0.39 is 6.10 Å². The maximum absolute atomic E-state index is 9.75. The Morgan fingerprint density at radius 1 is 1.39 bits per heavy atom. The number of aliphatic hydroxyl groups is 1. The van der Waals surface area contributed by atoms with Crippen LogP contribution in [0.2, 0.25) is 0 Å². The summed E-state index contributed by atoms with van der Waals surface area (Å²) in [5.74, 6) is 0.752. The normalized spacial score (nSPS) is 26.1. The summed E-state index contributed by atoms with van der Waals surface area (Å²) in [4.78, 5) is 6.83. The van der Waals surface area contributed by atoms with Crippen molar-refractivity contribution in [3.05, 3.63) is 24.0 Å². The lowest BCUT2D eigenvalue weighted by atomic mass is 9.94. The standard InChI is InChI=1S/C15H24N2O/c1-4-15(18)14-8-7-13(9-16-14)17-10-11(2)5-6-12(17)3/h7-9,11-12,15,18H,4-6,10H2,1-3H3/t11?,12?,15-/m0/s1. The molecule has 3 heteroatoms. The van der Waals surface area contributed by atoms with Crippen molar-refractivity contribution in [2.24, 2.45) is 5.92 Å². The molecule has 1 aromatic rings. The van der Waals surface area contributed by atoms with E-state index in [2.05, 4.69) is 29.8 Å². The number of pyridine rings is 1. The van der Waals surface area contributed by atoms with Crippen molar-refractivity contribution >= 4 is 5.69 Å². The second kappa shape index (κ2) is 5.70. The van der Waals surface area contributed by atoms with Gasteiger partial charge in [0.15, 0.2) is 0 Å². The van der Waals surface area contributed by atoms with Crippen LogP contribution < -0.4 is 4.90 Å². The first-order valence-corrected chi connectivity index (χ1v) is 7.02. The van der Waals surface area contributed by atoms with Gasteiger partial charge in [-0.2, -0.15) is 0 Å². The number of hydrogen-bond donors (Lipinski definition) is 1. The van der Waals surface area contributed by atoms with E-state index in [-0.39, 0.29) is 0 Å². The first-order valence-electron chi connectivity index (χ1n) is 7.02. The number of aliphatic hydroxyl groups excluding tert-OH is 1. The Hall–Kier alpha value is -1.09. The van der Waals surface area contributed by atoms with Gasteiger partial charge in [0, 0.05) is 12.6 Å². The third-order valence-corrected chi connectivity index (χ3v) is 3.95. The molecule has 0 saturated carbocycles. The van der Waals surface area contributed by atoms with E-state index in [4.69, 9.17) is 0 Å². The third kappa shape index (κ3) is 2.83. The molecule has 2 unspecified atom stereocenters. The maximum atomic E-state index is 9.75. The Labute approximate surface area is 110 Å². The molecule has 1 aromatic heterocycles. The average Bonchev–Trinajstić information content (AvgIpc) is 2.41. The quantitative estimate of drug-likeness (QED) is 0.892. The zero-order valence-corrected chi connectivity index (χ0v) is 11.6. The van der Waals surface area contributed by atoms with Gasteiger partial charge in [-0.15, -0.1) is 0 Å². The molecule has 2 heterocycles. The van der Waals surface area contributed by atoms with Gasteiger partial charge in [-0.25, -0.2) is 0 Å². The molecule has 1 fully saturated rings. The van der Waals surface area contributed by atoms with Crippen LogP contribution in [0.3, 0.4) is 0 Å². The third-order valence-electron chi connectivity index (χ3n) is 3.95. The highest BCUT2D eigenvalue weighted by Crippen LogP contribution is 2.27. The molecule has 1 saturated heterocycles. The van der Waals surface area contributed by atoms with Gasteiger partial charge in [-0.1, -0.05) is 13.8 Å². The average molecular weight is 248 g/mol. The van der Waals surface area contributed by atoms with Crippen LogP contribution in [0.5, 0.6) is 0 Å². The van der Waals surface area contributed by atoms with Crippen molar-refractivity contribution in [2.75, 3.05) is 11.4 Å². The maximum Gasteiger partial charge on any atom is 0.0957 e. The second-order valence-corrected chi connectivity index (χ2v) is 5.55. The van der Waals surface area contributed by atoms with Crippen molar-refractivity contribution < 1.29 is 5.11 Å². The lowest BCUT2D eigenvalue weighted by Gasteiger charge is -2.38. The highest BCUT2D eigenvalue weighted by atomic mass is 16.3. The monoisotopic (exact) mass is 248 g/mol. The molecule has 0 bridgehead atoms. The molecule has 1 aliphatic heterocycles. The van der Waals surface area contributed by atoms with Crippen LogP contribution in [0, 0.1) is 5.92 Å². The smallest absolute Gasteiger partial charge is 0.0957 e. The van der Waals surface area contributed by atoms with Crippen molar-refractivity contribution in [3.63, 3.8) is 0 Å². The predicted molar refractivity (Wildman–Crippen MR) is 74.7 cm³/mol. The fourth-order valence-corrected chi connectivity index (χ4v) is 2.62. The van der Waals surface area contributed by atoms with Crippen LogP contribution in [0.4, 0.5) is 5.69 Å². The summed E-state index contributed by atoms with van der Waals surface area (Å²) in [6.45, 7) is 7.66. The Balaban J connectivity index is 2.13. The molecule has 2 rings (SSSR count). The van der Waals surface area contributed by atoms with Gasteiger partial charge in [0.1, 0.15) is 0 Å². The van der Waals surface area contributed by atoms with E-state index in [0.29, 0.717) is 12.5 Å². The van der Waals surface area contributed by atoms with E-state index >= 15 is 0 Å². The fourth-order valence-electron chi connectivity index (χ4n) is 2.62. The first-order chi connectivity index (χ1) is 8.61. The molecule has 0 amide bonds. The van der Waals surface area contributed by atoms with Gasteiger partial charge < -0.3 is 10.0 Å². The van der Waals surface area contributed by atoms with Crippen LogP contribution in [0.25, 0.3) is 0 Å². The SMILES string of the molecule is CC[C@H](O)c1ccc(N2CC(C)CCC2C)cn1. The Morgan fingerprint density at radius 2 is 2.17 bits per heavy atom. The van der Waals surface area contributed by atoms with E-state index in [9.17, 15) is 5.11 Å². The molecule has 1 aliphatic rings. The Bertz CT molecular complexity index is 377. The number of hydrogen-bond acceptors (Lipinski definition) is 3. The van der Waals surface area contributed by atoms with E-state index in [0.717, 1.165) is 18.2 Å². The minimum absolute atomic E-state index is 0.434. The van der Waals surface area contributed by atoms with Crippen LogP contribution in [0.1, 0.15) is 51.8 Å². The lowest BCUT2D eigenvalue weighted by molar-refractivity contribution is 0.169. The topological polar surface area (TPSA) is 36.4 Å². The molecule has 1 N–H and O–H groups in total. The lowest BCUT2D eigenvalue weighted by Crippen LogP contribution is -2.41. The number of piperidine rings is 1. The summed E-state index contributed by atoms with van der Waals surface area (Å²) in [5, 5.41) is 9.75. The summed E-state index contributed by atoms with van der Waals surface area (Å²) >= 11 is 0. The van der Waals surface area contributed by atoms with Crippen LogP contribution in [0.15, 0.2) is 18.3 Å². The Morgan fingerprint density at radius 3 is 2.78 bits per heavy atom. The molecule has 18 heavy (non-hydrogen) atoms. The van der Waals surface area contributed by atoms with Crippen molar-refractivity contribution in [3.8, 4) is 0 Å². The number of nitrogens with zero attached hydrogens (tertiary/aromatic N) is 2. The number of rotatable bonds is 3. The molecule has 0 aromatic carbocycles. The van der Waals surface area contributed by atoms with Crippen molar-refractivity contribution in [1.29, 1.82) is 0 Å². The molecule has 100 valence electrons. The van der Waals surface area contributed by atoms with Gasteiger partial charge in [0.2, 0.25) is 0 Å². The van der Waals surface area contributed by atoms with Crippen LogP contribution >= 0.6 is 0 Å². The summed E-state index contributed by atoms with van der Waals surface area (Å²) in [7, 11) is 0. The molecule has 0 spiro atoms. The summed E-state index contributed by atoms with van der Waals surface area (Å²) in [6, 6.07) is 4.63. The van der Waals surface area contributed by atoms with E-state index in [1.807, 2.05) is 19.2 Å². The number of aromatic nitrogens is 1. The molecule has 0 aliphatic carbocycles. The summed E-state index contributed by atoms with van der Waals surface area (Å²) < 4.78 is 0. The van der Waals surface area contributed by atoms with Crippen LogP contribution in [-0.4, -0.2) is 22.7 Å². The summed E-state index contributed by atoms with van der Waals surface area (Å²) in [5.41, 5.74) is 1.96. The van der Waals surface area contributed by atoms with Gasteiger partial charge in [-0.05, 0) is 44.2 Å². The molecule has 0 radical (unpaired) electrons. The van der Waals surface area contributed by atoms with E-state index in [1.165, 1.54) is 18.5 Å². The molecule has 3 nitrogen and oxygen atoms in total. The largest absolute Gasteiger partial charge is 0.387 e. The number of anilines is 1. The first kappa shape index (κ1) is 13.3. The highest BCUT2D eigenvalue weighted by Gasteiger charge is 2.23. The predicted octanol–water partition coefficient (Wildman–Crippen LogP) is 3.15. The molecule has 3 atom stereocenters. The van der Waals surface area contributed by atoms with Crippen molar-refractivity contribution in [1.82, 2.24) is 4.98 Å². The van der Waals surface area contributed by atoms with Gasteiger partial charge in [-0.3, -0.25) is 4.98 Å². The Kier molecular flexibility index (Phi) is 4.23. The van der Waals surface area contributed by atoms with Crippen LogP contribution in [-0.2, 0) is 0 Å².